The third-order valence-electron chi connectivity index (χ3n) is 4.77. The van der Waals surface area contributed by atoms with E-state index in [4.69, 9.17) is 4.74 Å². The summed E-state index contributed by atoms with van der Waals surface area (Å²) in [5.74, 6) is 0.409. The molecule has 28 heavy (non-hydrogen) atoms. The Hall–Kier alpha value is -2.38. The van der Waals surface area contributed by atoms with Crippen molar-refractivity contribution in [3.05, 3.63) is 60.2 Å². The van der Waals surface area contributed by atoms with Crippen molar-refractivity contribution in [2.24, 2.45) is 0 Å². The zero-order valence-corrected chi connectivity index (χ0v) is 16.8. The molecule has 1 amide bonds. The Labute approximate surface area is 166 Å². The maximum atomic E-state index is 12.7. The average molecular weight is 403 g/mol. The second-order valence-electron chi connectivity index (χ2n) is 6.90. The van der Waals surface area contributed by atoms with Crippen molar-refractivity contribution in [1.82, 2.24) is 9.62 Å². The van der Waals surface area contributed by atoms with Crippen molar-refractivity contribution < 1.29 is 17.9 Å². The fourth-order valence-electron chi connectivity index (χ4n) is 3.12. The van der Waals surface area contributed by atoms with Gasteiger partial charge in [0.15, 0.2) is 6.10 Å². The Balaban J connectivity index is 1.54. The number of amides is 1. The first-order valence-electron chi connectivity index (χ1n) is 9.55. The Morgan fingerprint density at radius 2 is 1.68 bits per heavy atom. The van der Waals surface area contributed by atoms with Gasteiger partial charge >= 0.3 is 0 Å². The Bertz CT molecular complexity index is 876. The molecule has 1 heterocycles. The third-order valence-corrected chi connectivity index (χ3v) is 6.68. The molecule has 1 N–H and O–H groups in total. The Morgan fingerprint density at radius 3 is 2.32 bits per heavy atom. The average Bonchev–Trinajstić information content (AvgIpc) is 2.73. The van der Waals surface area contributed by atoms with Crippen LogP contribution in [0.25, 0.3) is 0 Å². The van der Waals surface area contributed by atoms with Crippen LogP contribution in [0.5, 0.6) is 5.75 Å². The molecule has 0 aromatic heterocycles. The van der Waals surface area contributed by atoms with Crippen LogP contribution in [0.15, 0.2) is 59.5 Å². The van der Waals surface area contributed by atoms with Crippen molar-refractivity contribution in [3.8, 4) is 5.75 Å². The van der Waals surface area contributed by atoms with E-state index in [-0.39, 0.29) is 5.91 Å². The maximum Gasteiger partial charge on any atom is 0.261 e. The number of ether oxygens (including phenoxy) is 1. The van der Waals surface area contributed by atoms with Crippen molar-refractivity contribution >= 4 is 15.9 Å². The first-order valence-corrected chi connectivity index (χ1v) is 11.0. The predicted molar refractivity (Wildman–Crippen MR) is 107 cm³/mol. The largest absolute Gasteiger partial charge is 0.481 e. The number of hydrogen-bond acceptors (Lipinski definition) is 4. The lowest BCUT2D eigenvalue weighted by atomic mass is 10.2. The molecule has 3 rings (SSSR count). The summed E-state index contributed by atoms with van der Waals surface area (Å²) in [6.45, 7) is 3.17. The molecule has 1 aliphatic rings. The molecule has 150 valence electrons. The summed E-state index contributed by atoms with van der Waals surface area (Å²) in [5.41, 5.74) is 0.831. The van der Waals surface area contributed by atoms with E-state index in [0.717, 1.165) is 24.8 Å². The van der Waals surface area contributed by atoms with Gasteiger partial charge in [0.05, 0.1) is 4.90 Å². The van der Waals surface area contributed by atoms with Crippen LogP contribution < -0.4 is 10.1 Å². The van der Waals surface area contributed by atoms with Gasteiger partial charge in [-0.25, -0.2) is 8.42 Å². The number of nitrogens with one attached hydrogen (secondary N) is 1. The summed E-state index contributed by atoms with van der Waals surface area (Å²) in [6, 6.07) is 15.9. The molecule has 0 spiro atoms. The van der Waals surface area contributed by atoms with Crippen LogP contribution in [0, 0.1) is 0 Å². The Morgan fingerprint density at radius 1 is 1.04 bits per heavy atom. The number of para-hydroxylation sites is 1. The highest BCUT2D eigenvalue weighted by atomic mass is 32.2. The number of piperidine rings is 1. The zero-order chi connectivity index (χ0) is 20.0. The molecule has 0 bridgehead atoms. The highest BCUT2D eigenvalue weighted by Crippen LogP contribution is 2.21. The molecular formula is C21H26N2O4S. The summed E-state index contributed by atoms with van der Waals surface area (Å²) < 4.78 is 32.5. The topological polar surface area (TPSA) is 75.7 Å². The van der Waals surface area contributed by atoms with Gasteiger partial charge in [0.2, 0.25) is 10.0 Å². The van der Waals surface area contributed by atoms with Gasteiger partial charge in [-0.1, -0.05) is 36.8 Å². The van der Waals surface area contributed by atoms with Crippen molar-refractivity contribution in [1.29, 1.82) is 0 Å². The standard InChI is InChI=1S/C21H26N2O4S/c1-17(27-19-8-4-2-5-9-19)21(24)22-16-18-10-12-20(13-11-18)28(25,26)23-14-6-3-7-15-23/h2,4-5,8-13,17H,3,6-7,14-16H2,1H3,(H,22,24). The molecule has 1 unspecified atom stereocenters. The fourth-order valence-corrected chi connectivity index (χ4v) is 4.64. The molecule has 6 nitrogen and oxygen atoms in total. The number of sulfonamides is 1. The number of nitrogens with zero attached hydrogens (tertiary/aromatic N) is 1. The van der Waals surface area contributed by atoms with Crippen LogP contribution in [0.4, 0.5) is 0 Å². The lowest BCUT2D eigenvalue weighted by Crippen LogP contribution is -2.36. The van der Waals surface area contributed by atoms with Crippen molar-refractivity contribution in [2.45, 2.75) is 43.7 Å². The number of benzene rings is 2. The van der Waals surface area contributed by atoms with E-state index >= 15 is 0 Å². The molecule has 1 aliphatic heterocycles. The van der Waals surface area contributed by atoms with E-state index < -0.39 is 16.1 Å². The molecular weight excluding hydrogens is 376 g/mol. The third kappa shape index (κ3) is 5.11. The molecule has 1 fully saturated rings. The predicted octanol–water partition coefficient (Wildman–Crippen LogP) is 2.94. The lowest BCUT2D eigenvalue weighted by molar-refractivity contribution is -0.127. The monoisotopic (exact) mass is 402 g/mol. The second-order valence-corrected chi connectivity index (χ2v) is 8.84. The quantitative estimate of drug-likeness (QED) is 0.773. The maximum absolute atomic E-state index is 12.7. The minimum absolute atomic E-state index is 0.228. The van der Waals surface area contributed by atoms with Crippen LogP contribution in [0.1, 0.15) is 31.7 Å². The van der Waals surface area contributed by atoms with E-state index in [1.54, 1.807) is 47.6 Å². The van der Waals surface area contributed by atoms with Crippen LogP contribution in [-0.2, 0) is 21.4 Å². The van der Waals surface area contributed by atoms with E-state index in [9.17, 15) is 13.2 Å². The van der Waals surface area contributed by atoms with E-state index in [0.29, 0.717) is 30.3 Å². The molecule has 2 aromatic carbocycles. The smallest absolute Gasteiger partial charge is 0.261 e. The van der Waals surface area contributed by atoms with Gasteiger partial charge in [0.1, 0.15) is 5.75 Å². The Kier molecular flexibility index (Phi) is 6.70. The van der Waals surface area contributed by atoms with E-state index in [1.807, 2.05) is 18.2 Å². The summed E-state index contributed by atoms with van der Waals surface area (Å²) in [7, 11) is -3.43. The number of rotatable bonds is 7. The molecule has 7 heteroatoms. The number of hydrogen-bond donors (Lipinski definition) is 1. The van der Waals surface area contributed by atoms with Crippen LogP contribution in [-0.4, -0.2) is 37.8 Å². The van der Waals surface area contributed by atoms with Gasteiger partial charge in [-0.2, -0.15) is 4.31 Å². The van der Waals surface area contributed by atoms with Gasteiger partial charge in [-0.15, -0.1) is 0 Å². The highest BCUT2D eigenvalue weighted by molar-refractivity contribution is 7.89. The summed E-state index contributed by atoms with van der Waals surface area (Å²) in [4.78, 5) is 12.5. The minimum atomic E-state index is -3.43. The van der Waals surface area contributed by atoms with Gasteiger partial charge in [0, 0.05) is 19.6 Å². The fraction of sp³-hybridized carbons (Fsp3) is 0.381. The van der Waals surface area contributed by atoms with E-state index in [2.05, 4.69) is 5.32 Å². The first kappa shape index (κ1) is 20.4. The zero-order valence-electron chi connectivity index (χ0n) is 16.0. The number of carbonyl (C=O) groups excluding carboxylic acids is 1. The van der Waals surface area contributed by atoms with Crippen molar-refractivity contribution in [2.75, 3.05) is 13.1 Å². The van der Waals surface area contributed by atoms with Gasteiger partial charge < -0.3 is 10.1 Å². The van der Waals surface area contributed by atoms with E-state index in [1.165, 1.54) is 0 Å². The van der Waals surface area contributed by atoms with Crippen LogP contribution >= 0.6 is 0 Å². The van der Waals surface area contributed by atoms with Crippen LogP contribution in [0.3, 0.4) is 0 Å². The van der Waals surface area contributed by atoms with Crippen molar-refractivity contribution in [3.63, 3.8) is 0 Å². The first-order chi connectivity index (χ1) is 13.5. The molecule has 0 radical (unpaired) electrons. The summed E-state index contributed by atoms with van der Waals surface area (Å²) in [5, 5.41) is 2.82. The molecule has 2 aromatic rings. The minimum Gasteiger partial charge on any atom is -0.481 e. The number of carbonyl (C=O) groups is 1. The molecule has 0 aliphatic carbocycles. The SMILES string of the molecule is CC(Oc1ccccc1)C(=O)NCc1ccc(S(=O)(=O)N2CCCCC2)cc1. The van der Waals surface area contributed by atoms with Crippen LogP contribution in [0.2, 0.25) is 0 Å². The summed E-state index contributed by atoms with van der Waals surface area (Å²) in [6.07, 6.45) is 2.28. The van der Waals surface area contributed by atoms with Gasteiger partial charge in [0.25, 0.3) is 5.91 Å². The molecule has 1 atom stereocenters. The second kappa shape index (κ2) is 9.21. The molecule has 1 saturated heterocycles. The normalized spacial score (nSPS) is 16.3. The van der Waals surface area contributed by atoms with Gasteiger partial charge in [-0.05, 0) is 49.6 Å². The van der Waals surface area contributed by atoms with Gasteiger partial charge in [-0.3, -0.25) is 4.79 Å². The highest BCUT2D eigenvalue weighted by Gasteiger charge is 2.25. The lowest BCUT2D eigenvalue weighted by Gasteiger charge is -2.25. The summed E-state index contributed by atoms with van der Waals surface area (Å²) >= 11 is 0. The molecule has 0 saturated carbocycles.